The van der Waals surface area contributed by atoms with Gasteiger partial charge in [-0.15, -0.1) is 0 Å². The zero-order valence-corrected chi connectivity index (χ0v) is 12.3. The number of nitrogens with zero attached hydrogens (tertiary/aromatic N) is 1. The maximum atomic E-state index is 10.8. The topological polar surface area (TPSA) is 62.2 Å². The highest BCUT2D eigenvalue weighted by atomic mass is 79.9. The van der Waals surface area contributed by atoms with Crippen LogP contribution in [0.5, 0.6) is 0 Å². The van der Waals surface area contributed by atoms with Gasteiger partial charge in [0.25, 0.3) is 0 Å². The number of hydrogen-bond acceptors (Lipinski definition) is 3. The first-order valence-corrected chi connectivity index (χ1v) is 6.56. The van der Waals surface area contributed by atoms with Crippen LogP contribution in [0.1, 0.15) is 15.9 Å². The Kier molecular flexibility index (Phi) is 4.07. The molecule has 0 spiro atoms. The third kappa shape index (κ3) is 3.24. The molecule has 98 valence electrons. The van der Waals surface area contributed by atoms with Gasteiger partial charge >= 0.3 is 5.97 Å². The normalized spacial score (nSPS) is 10.3. The molecule has 0 aliphatic heterocycles. The predicted molar refractivity (Wildman–Crippen MR) is 78.4 cm³/mol. The zero-order chi connectivity index (χ0) is 14.0. The van der Waals surface area contributed by atoms with E-state index in [0.29, 0.717) is 5.82 Å². The van der Waals surface area contributed by atoms with Crippen molar-refractivity contribution >= 4 is 45.0 Å². The molecule has 19 heavy (non-hydrogen) atoms. The molecule has 1 heterocycles. The lowest BCUT2D eigenvalue weighted by Crippen LogP contribution is -2.01. The SMILES string of the molecule is Cc1ccc(Br)cc1Nc1ncc(C(=O)O)cc1Cl. The summed E-state index contributed by atoms with van der Waals surface area (Å²) >= 11 is 9.40. The minimum absolute atomic E-state index is 0.0570. The van der Waals surface area contributed by atoms with Crippen LogP contribution in [0.25, 0.3) is 0 Å². The minimum Gasteiger partial charge on any atom is -0.478 e. The van der Waals surface area contributed by atoms with Crippen LogP contribution in [0, 0.1) is 6.92 Å². The Hall–Kier alpha value is -1.59. The first-order valence-electron chi connectivity index (χ1n) is 5.39. The third-order valence-electron chi connectivity index (χ3n) is 2.54. The van der Waals surface area contributed by atoms with E-state index in [0.717, 1.165) is 15.7 Å². The molecule has 0 unspecified atom stereocenters. The minimum atomic E-state index is -1.06. The first-order chi connectivity index (χ1) is 8.97. The fourth-order valence-electron chi connectivity index (χ4n) is 1.50. The average molecular weight is 342 g/mol. The predicted octanol–water partition coefficient (Wildman–Crippen LogP) is 4.25. The zero-order valence-electron chi connectivity index (χ0n) is 9.95. The fourth-order valence-corrected chi connectivity index (χ4v) is 2.08. The van der Waals surface area contributed by atoms with E-state index in [9.17, 15) is 4.79 Å². The summed E-state index contributed by atoms with van der Waals surface area (Å²) in [5.41, 5.74) is 1.94. The lowest BCUT2D eigenvalue weighted by Gasteiger charge is -2.11. The average Bonchev–Trinajstić information content (AvgIpc) is 2.36. The van der Waals surface area contributed by atoms with Crippen LogP contribution in [-0.4, -0.2) is 16.1 Å². The smallest absolute Gasteiger partial charge is 0.337 e. The Morgan fingerprint density at radius 1 is 1.42 bits per heavy atom. The van der Waals surface area contributed by atoms with E-state index in [1.54, 1.807) is 0 Å². The first kappa shape index (κ1) is 13.8. The standard InChI is InChI=1S/C13H10BrClN2O2/c1-7-2-3-9(14)5-11(7)17-12-10(15)4-8(6-16-12)13(18)19/h2-6H,1H3,(H,16,17)(H,18,19). The van der Waals surface area contributed by atoms with Crippen molar-refractivity contribution in [3.05, 3.63) is 51.1 Å². The molecule has 6 heteroatoms. The molecule has 0 atom stereocenters. The highest BCUT2D eigenvalue weighted by molar-refractivity contribution is 9.10. The molecule has 0 saturated carbocycles. The van der Waals surface area contributed by atoms with Gasteiger partial charge in [-0.1, -0.05) is 33.6 Å². The van der Waals surface area contributed by atoms with Gasteiger partial charge in [-0.3, -0.25) is 0 Å². The maximum absolute atomic E-state index is 10.8. The molecule has 0 bridgehead atoms. The van der Waals surface area contributed by atoms with E-state index in [1.165, 1.54) is 12.3 Å². The van der Waals surface area contributed by atoms with Crippen molar-refractivity contribution in [3.8, 4) is 0 Å². The monoisotopic (exact) mass is 340 g/mol. The van der Waals surface area contributed by atoms with E-state index in [-0.39, 0.29) is 10.6 Å². The summed E-state index contributed by atoms with van der Waals surface area (Å²) in [5.74, 6) is -0.632. The molecule has 0 fully saturated rings. The molecule has 2 N–H and O–H groups in total. The second-order valence-electron chi connectivity index (χ2n) is 3.94. The number of anilines is 2. The molecular weight excluding hydrogens is 332 g/mol. The summed E-state index contributed by atoms with van der Waals surface area (Å²) in [6.07, 6.45) is 1.27. The highest BCUT2D eigenvalue weighted by Gasteiger charge is 2.09. The van der Waals surface area contributed by atoms with Crippen molar-refractivity contribution in [2.75, 3.05) is 5.32 Å². The molecule has 1 aromatic heterocycles. The van der Waals surface area contributed by atoms with Crippen LogP contribution in [0.4, 0.5) is 11.5 Å². The van der Waals surface area contributed by atoms with E-state index >= 15 is 0 Å². The van der Waals surface area contributed by atoms with Gasteiger partial charge < -0.3 is 10.4 Å². The summed E-state index contributed by atoms with van der Waals surface area (Å²) in [6, 6.07) is 7.15. The molecule has 0 saturated heterocycles. The number of carbonyl (C=O) groups is 1. The number of nitrogens with one attached hydrogen (secondary N) is 1. The summed E-state index contributed by atoms with van der Waals surface area (Å²) in [4.78, 5) is 14.8. The third-order valence-corrected chi connectivity index (χ3v) is 3.32. The number of carboxylic acid groups (broad SMARTS) is 1. The van der Waals surface area contributed by atoms with Crippen LogP contribution in [0.2, 0.25) is 5.02 Å². The van der Waals surface area contributed by atoms with Gasteiger partial charge in [-0.2, -0.15) is 0 Å². The van der Waals surface area contributed by atoms with Crippen LogP contribution in [-0.2, 0) is 0 Å². The van der Waals surface area contributed by atoms with E-state index in [1.807, 2.05) is 25.1 Å². The largest absolute Gasteiger partial charge is 0.478 e. The van der Waals surface area contributed by atoms with Gasteiger partial charge in [0.05, 0.1) is 10.6 Å². The number of rotatable bonds is 3. The number of pyridine rings is 1. The van der Waals surface area contributed by atoms with Crippen LogP contribution < -0.4 is 5.32 Å². The number of benzene rings is 1. The van der Waals surface area contributed by atoms with Gasteiger partial charge in [0, 0.05) is 16.4 Å². The molecule has 0 aliphatic carbocycles. The number of aromatic carboxylic acids is 1. The lowest BCUT2D eigenvalue weighted by molar-refractivity contribution is 0.0696. The van der Waals surface area contributed by atoms with Gasteiger partial charge in [0.2, 0.25) is 0 Å². The summed E-state index contributed by atoms with van der Waals surface area (Å²) < 4.78 is 0.930. The Morgan fingerprint density at radius 2 is 2.16 bits per heavy atom. The Bertz CT molecular complexity index is 647. The molecule has 2 rings (SSSR count). The molecule has 4 nitrogen and oxygen atoms in total. The van der Waals surface area contributed by atoms with Crippen molar-refractivity contribution in [2.45, 2.75) is 6.92 Å². The van der Waals surface area contributed by atoms with Crippen LogP contribution in [0.3, 0.4) is 0 Å². The van der Waals surface area contributed by atoms with E-state index < -0.39 is 5.97 Å². The summed E-state index contributed by atoms with van der Waals surface area (Å²) in [7, 11) is 0. The molecule has 0 amide bonds. The van der Waals surface area contributed by atoms with E-state index in [4.69, 9.17) is 16.7 Å². The Balaban J connectivity index is 2.33. The van der Waals surface area contributed by atoms with Crippen molar-refractivity contribution < 1.29 is 9.90 Å². The molecule has 0 radical (unpaired) electrons. The summed E-state index contributed by atoms with van der Waals surface area (Å²) in [5, 5.41) is 12.2. The van der Waals surface area contributed by atoms with Gasteiger partial charge in [-0.05, 0) is 30.7 Å². The second-order valence-corrected chi connectivity index (χ2v) is 5.27. The van der Waals surface area contributed by atoms with Crippen LogP contribution >= 0.6 is 27.5 Å². The number of aryl methyl sites for hydroxylation is 1. The quantitative estimate of drug-likeness (QED) is 0.876. The Morgan fingerprint density at radius 3 is 2.79 bits per heavy atom. The number of aromatic nitrogens is 1. The van der Waals surface area contributed by atoms with Gasteiger partial charge in [-0.25, -0.2) is 9.78 Å². The van der Waals surface area contributed by atoms with Crippen molar-refractivity contribution in [2.24, 2.45) is 0 Å². The summed E-state index contributed by atoms with van der Waals surface area (Å²) in [6.45, 7) is 1.95. The van der Waals surface area contributed by atoms with Crippen molar-refractivity contribution in [3.63, 3.8) is 0 Å². The van der Waals surface area contributed by atoms with Gasteiger partial charge in [0.15, 0.2) is 0 Å². The van der Waals surface area contributed by atoms with Crippen molar-refractivity contribution in [1.29, 1.82) is 0 Å². The highest BCUT2D eigenvalue weighted by Crippen LogP contribution is 2.27. The fraction of sp³-hybridized carbons (Fsp3) is 0.0769. The van der Waals surface area contributed by atoms with Gasteiger partial charge in [0.1, 0.15) is 5.82 Å². The number of hydrogen-bond donors (Lipinski definition) is 2. The molecule has 1 aromatic carbocycles. The van der Waals surface area contributed by atoms with Crippen molar-refractivity contribution in [1.82, 2.24) is 4.98 Å². The van der Waals surface area contributed by atoms with Crippen LogP contribution in [0.15, 0.2) is 34.9 Å². The molecule has 0 aliphatic rings. The molecule has 2 aromatic rings. The number of halogens is 2. The second kappa shape index (κ2) is 5.59. The Labute approximate surface area is 123 Å². The number of carboxylic acids is 1. The molecular formula is C13H10BrClN2O2. The lowest BCUT2D eigenvalue weighted by atomic mass is 10.2. The van der Waals surface area contributed by atoms with E-state index in [2.05, 4.69) is 26.2 Å². The maximum Gasteiger partial charge on any atom is 0.337 e.